The molecule has 0 aliphatic carbocycles. The van der Waals surface area contributed by atoms with Gasteiger partial charge in [0.15, 0.2) is 5.84 Å². The fourth-order valence-corrected chi connectivity index (χ4v) is 3.78. The number of oxime groups is 1. The summed E-state index contributed by atoms with van der Waals surface area (Å²) in [4.78, 5) is 8.01. The summed E-state index contributed by atoms with van der Waals surface area (Å²) in [6, 6.07) is 26.6. The Kier molecular flexibility index (Phi) is 9.45. The summed E-state index contributed by atoms with van der Waals surface area (Å²) < 4.78 is 0. The maximum absolute atomic E-state index is 8.72. The molecule has 0 bridgehead atoms. The minimum absolute atomic E-state index is 0.291. The van der Waals surface area contributed by atoms with Gasteiger partial charge in [0.05, 0.1) is 24.1 Å². The van der Waals surface area contributed by atoms with E-state index in [1.54, 1.807) is 18.2 Å². The molecule has 3 aromatic rings. The lowest BCUT2D eigenvalue weighted by Gasteiger charge is -2.19. The molecule has 0 saturated heterocycles. The van der Waals surface area contributed by atoms with Crippen LogP contribution in [0, 0.1) is 22.7 Å². The summed E-state index contributed by atoms with van der Waals surface area (Å²) in [5.41, 5.74) is 18.8. The van der Waals surface area contributed by atoms with Crippen LogP contribution in [0.15, 0.2) is 87.9 Å². The molecule has 2 aliphatic heterocycles. The first kappa shape index (κ1) is 26.6. The second-order valence-electron chi connectivity index (χ2n) is 7.99. The molecule has 10 nitrogen and oxygen atoms in total. The largest absolute Gasteiger partial charge is 0.409 e. The van der Waals surface area contributed by atoms with E-state index in [1.807, 2.05) is 66.7 Å². The zero-order valence-corrected chi connectivity index (χ0v) is 19.9. The monoisotopic (exact) mass is 494 g/mol. The average molecular weight is 495 g/mol. The molecule has 1 atom stereocenters. The molecule has 1 unspecified atom stereocenters. The molecule has 186 valence electrons. The van der Waals surface area contributed by atoms with Crippen LogP contribution in [0.5, 0.6) is 0 Å². The highest BCUT2D eigenvalue weighted by Gasteiger charge is 2.17. The van der Waals surface area contributed by atoms with Crippen LogP contribution in [0.2, 0.25) is 0 Å². The van der Waals surface area contributed by atoms with Crippen molar-refractivity contribution in [2.45, 2.75) is 25.4 Å². The van der Waals surface area contributed by atoms with Gasteiger partial charge >= 0.3 is 0 Å². The lowest BCUT2D eigenvalue weighted by Crippen LogP contribution is -2.34. The molecular formula is C27H26N8O2. The number of hydroxylamine groups is 1. The van der Waals surface area contributed by atoms with Gasteiger partial charge in [-0.1, -0.05) is 71.9 Å². The molecule has 0 spiro atoms. The van der Waals surface area contributed by atoms with Gasteiger partial charge in [-0.3, -0.25) is 0 Å². The first-order valence-electron chi connectivity index (χ1n) is 11.3. The zero-order valence-electron chi connectivity index (χ0n) is 19.9. The Morgan fingerprint density at radius 1 is 0.946 bits per heavy atom. The number of hydrogen-bond donors (Lipinski definition) is 5. The van der Waals surface area contributed by atoms with Crippen LogP contribution in [0.4, 0.5) is 0 Å². The number of fused-ring (bicyclic) bond motifs is 2. The van der Waals surface area contributed by atoms with E-state index < -0.39 is 0 Å². The third-order valence-corrected chi connectivity index (χ3v) is 5.53. The second-order valence-corrected chi connectivity index (χ2v) is 7.99. The molecule has 2 aliphatic rings. The maximum Gasteiger partial charge on any atom is 0.200 e. The number of aliphatic imine (C=N–C) groups is 2. The SMILES string of the molecule is N#CCc1ccccc1C#N.NC1=N/C(=N\O)c2ccccc2C1.NC1=NC(NO)Cc2ccccc21. The third kappa shape index (κ3) is 6.99. The van der Waals surface area contributed by atoms with Crippen molar-refractivity contribution in [3.8, 4) is 12.1 Å². The molecule has 7 N–H and O–H groups in total. The van der Waals surface area contributed by atoms with Crippen LogP contribution >= 0.6 is 0 Å². The van der Waals surface area contributed by atoms with Crippen molar-refractivity contribution in [2.75, 3.05) is 0 Å². The standard InChI is InChI=1S/C9H11N3O.C9H9N3O.C9H6N2/c10-9-7-4-2-1-3-6(7)5-8(11-9)12-13;10-8-5-6-3-1-2-4-7(6)9(11-8)12-13;10-6-5-8-3-1-2-4-9(8)7-11/h1-4,8,12-13H,5H2,(H2,10,11);1-4,13H,5H2,(H2,10,11,12);1-4H,5H2. The van der Waals surface area contributed by atoms with Crippen molar-refractivity contribution in [1.29, 1.82) is 10.5 Å². The molecule has 2 heterocycles. The lowest BCUT2D eigenvalue weighted by atomic mass is 10.00. The topological polar surface area (TPSA) is 189 Å². The summed E-state index contributed by atoms with van der Waals surface area (Å²) in [5, 5.41) is 37.5. The number of benzene rings is 3. The fraction of sp³-hybridized carbons (Fsp3) is 0.148. The van der Waals surface area contributed by atoms with E-state index in [4.69, 9.17) is 32.4 Å². The molecule has 10 heteroatoms. The normalized spacial score (nSPS) is 16.1. The first-order valence-corrected chi connectivity index (χ1v) is 11.3. The summed E-state index contributed by atoms with van der Waals surface area (Å²) in [6.07, 6.45) is 1.29. The van der Waals surface area contributed by atoms with Crippen molar-refractivity contribution in [3.05, 3.63) is 106 Å². The van der Waals surface area contributed by atoms with Gasteiger partial charge in [0.2, 0.25) is 0 Å². The van der Waals surface area contributed by atoms with E-state index >= 15 is 0 Å². The van der Waals surface area contributed by atoms with Gasteiger partial charge in [-0.25, -0.2) is 9.98 Å². The molecule has 0 amide bonds. The lowest BCUT2D eigenvalue weighted by molar-refractivity contribution is 0.128. The van der Waals surface area contributed by atoms with E-state index in [1.165, 1.54) is 0 Å². The Hall–Kier alpha value is -5.03. The minimum Gasteiger partial charge on any atom is -0.409 e. The van der Waals surface area contributed by atoms with E-state index in [0.717, 1.165) is 27.8 Å². The van der Waals surface area contributed by atoms with Crippen LogP contribution < -0.4 is 16.9 Å². The van der Waals surface area contributed by atoms with E-state index in [9.17, 15) is 0 Å². The van der Waals surface area contributed by atoms with Crippen LogP contribution in [0.3, 0.4) is 0 Å². The average Bonchev–Trinajstić information content (AvgIpc) is 2.93. The first-order chi connectivity index (χ1) is 18.0. The molecule has 0 aromatic heterocycles. The summed E-state index contributed by atoms with van der Waals surface area (Å²) in [5.74, 6) is 1.25. The van der Waals surface area contributed by atoms with Gasteiger partial charge in [-0.2, -0.15) is 16.0 Å². The number of nitrogens with one attached hydrogen (secondary N) is 1. The van der Waals surface area contributed by atoms with Crippen molar-refractivity contribution < 1.29 is 10.4 Å². The van der Waals surface area contributed by atoms with Crippen LogP contribution in [0.25, 0.3) is 0 Å². The number of nitrogens with zero attached hydrogens (tertiary/aromatic N) is 5. The smallest absolute Gasteiger partial charge is 0.200 e. The molecule has 0 saturated carbocycles. The molecule has 37 heavy (non-hydrogen) atoms. The molecule has 3 aromatic carbocycles. The van der Waals surface area contributed by atoms with Crippen LogP contribution in [-0.4, -0.2) is 34.1 Å². The Morgan fingerprint density at radius 3 is 2.27 bits per heavy atom. The molecule has 0 radical (unpaired) electrons. The third-order valence-electron chi connectivity index (χ3n) is 5.53. The Morgan fingerprint density at radius 2 is 1.59 bits per heavy atom. The number of hydrogen-bond acceptors (Lipinski definition) is 9. The fourth-order valence-electron chi connectivity index (χ4n) is 3.78. The van der Waals surface area contributed by atoms with E-state index in [-0.39, 0.29) is 6.17 Å². The summed E-state index contributed by atoms with van der Waals surface area (Å²) >= 11 is 0. The van der Waals surface area contributed by atoms with Gasteiger partial charge in [-0.15, -0.1) is 0 Å². The Bertz CT molecular complexity index is 1420. The van der Waals surface area contributed by atoms with Gasteiger partial charge in [0, 0.05) is 24.0 Å². The highest BCUT2D eigenvalue weighted by atomic mass is 16.5. The highest BCUT2D eigenvalue weighted by molar-refractivity contribution is 6.10. The molecule has 5 rings (SSSR count). The molecular weight excluding hydrogens is 468 g/mol. The number of rotatable bonds is 2. The van der Waals surface area contributed by atoms with Gasteiger partial charge in [0.25, 0.3) is 0 Å². The van der Waals surface area contributed by atoms with Gasteiger partial charge in [0.1, 0.15) is 17.8 Å². The van der Waals surface area contributed by atoms with Crippen molar-refractivity contribution in [2.24, 2.45) is 26.6 Å². The second kappa shape index (κ2) is 13.2. The quantitative estimate of drug-likeness (QED) is 0.267. The predicted molar refractivity (Wildman–Crippen MR) is 140 cm³/mol. The van der Waals surface area contributed by atoms with Gasteiger partial charge in [-0.05, 0) is 22.8 Å². The summed E-state index contributed by atoms with van der Waals surface area (Å²) in [7, 11) is 0. The van der Waals surface area contributed by atoms with E-state index in [0.29, 0.717) is 42.3 Å². The zero-order chi connectivity index (χ0) is 26.6. The van der Waals surface area contributed by atoms with E-state index in [2.05, 4.69) is 20.6 Å². The number of nitrogens with two attached hydrogens (primary N) is 2. The Labute approximate surface area is 214 Å². The molecule has 0 fully saturated rings. The highest BCUT2D eigenvalue weighted by Crippen LogP contribution is 2.17. The maximum atomic E-state index is 8.72. The van der Waals surface area contributed by atoms with Crippen LogP contribution in [0.1, 0.15) is 33.4 Å². The minimum atomic E-state index is -0.310. The van der Waals surface area contributed by atoms with Crippen molar-refractivity contribution in [3.63, 3.8) is 0 Å². The summed E-state index contributed by atoms with van der Waals surface area (Å²) in [6.45, 7) is 0. The Balaban J connectivity index is 0.000000155. The predicted octanol–water partition coefficient (Wildman–Crippen LogP) is 2.61. The number of nitriles is 2. The van der Waals surface area contributed by atoms with Crippen molar-refractivity contribution >= 4 is 17.5 Å². The number of amidine groups is 3. The van der Waals surface area contributed by atoms with Crippen molar-refractivity contribution in [1.82, 2.24) is 5.48 Å². The van der Waals surface area contributed by atoms with Gasteiger partial charge < -0.3 is 21.9 Å². The van der Waals surface area contributed by atoms with Crippen LogP contribution in [-0.2, 0) is 19.3 Å².